The molecule has 0 unspecified atom stereocenters. The predicted molar refractivity (Wildman–Crippen MR) is 90.8 cm³/mol. The summed E-state index contributed by atoms with van der Waals surface area (Å²) in [6.07, 6.45) is 2.22. The number of benzene rings is 1. The molecule has 1 aromatic heterocycles. The van der Waals surface area contributed by atoms with E-state index in [1.165, 1.54) is 4.88 Å². The lowest BCUT2D eigenvalue weighted by Crippen LogP contribution is -2.36. The highest BCUT2D eigenvalue weighted by Crippen LogP contribution is 2.30. The molecule has 1 N–H and O–H groups in total. The first-order valence-corrected chi connectivity index (χ1v) is 8.67. The molecule has 0 saturated heterocycles. The zero-order valence-corrected chi connectivity index (χ0v) is 14.2. The topological polar surface area (TPSA) is 32.3 Å². The van der Waals surface area contributed by atoms with Crippen molar-refractivity contribution in [1.29, 1.82) is 0 Å². The number of urea groups is 1. The Labute approximate surface area is 137 Å². The average Bonchev–Trinajstić information content (AvgIpc) is 3.16. The first kappa shape index (κ1) is 14.6. The molecule has 1 heterocycles. The van der Waals surface area contributed by atoms with Gasteiger partial charge in [-0.25, -0.2) is 4.79 Å². The summed E-state index contributed by atoms with van der Waals surface area (Å²) in [4.78, 5) is 15.7. The highest BCUT2D eigenvalue weighted by molar-refractivity contribution is 9.10. The minimum absolute atomic E-state index is 0.0124. The Hall–Kier alpha value is -1.33. The second-order valence-corrected chi connectivity index (χ2v) is 7.22. The lowest BCUT2D eigenvalue weighted by atomic mass is 10.2. The summed E-state index contributed by atoms with van der Waals surface area (Å²) in [7, 11) is 0. The van der Waals surface area contributed by atoms with Gasteiger partial charge in [-0.05, 0) is 48.9 Å². The molecule has 0 aliphatic heterocycles. The van der Waals surface area contributed by atoms with Crippen molar-refractivity contribution in [3.63, 3.8) is 0 Å². The minimum atomic E-state index is -0.0124. The molecule has 1 fully saturated rings. The van der Waals surface area contributed by atoms with E-state index in [9.17, 15) is 4.79 Å². The SMILES string of the molecule is Cc1ccc(NC(=O)N(Cc2cccs2)C2CC2)cc1Br. The number of carbonyl (C=O) groups is 1. The molecular weight excluding hydrogens is 348 g/mol. The van der Waals surface area contributed by atoms with Crippen molar-refractivity contribution in [1.82, 2.24) is 4.90 Å². The van der Waals surface area contributed by atoms with Gasteiger partial charge < -0.3 is 10.2 Å². The van der Waals surface area contributed by atoms with Crippen molar-refractivity contribution in [2.75, 3.05) is 5.32 Å². The molecule has 110 valence electrons. The molecule has 2 amide bonds. The Morgan fingerprint density at radius 2 is 2.24 bits per heavy atom. The largest absolute Gasteiger partial charge is 0.322 e. The monoisotopic (exact) mass is 364 g/mol. The summed E-state index contributed by atoms with van der Waals surface area (Å²) >= 11 is 5.20. The molecule has 21 heavy (non-hydrogen) atoms. The number of nitrogens with one attached hydrogen (secondary N) is 1. The van der Waals surface area contributed by atoms with E-state index in [-0.39, 0.29) is 6.03 Å². The normalized spacial score (nSPS) is 14.0. The number of hydrogen-bond donors (Lipinski definition) is 1. The number of amides is 2. The van der Waals surface area contributed by atoms with E-state index in [2.05, 4.69) is 32.7 Å². The Balaban J connectivity index is 1.70. The summed E-state index contributed by atoms with van der Waals surface area (Å²) in [5, 5.41) is 5.06. The lowest BCUT2D eigenvalue weighted by molar-refractivity contribution is 0.206. The van der Waals surface area contributed by atoms with Crippen LogP contribution in [0.5, 0.6) is 0 Å². The Bertz CT molecular complexity index is 638. The molecule has 0 bridgehead atoms. The number of thiophene rings is 1. The number of anilines is 1. The van der Waals surface area contributed by atoms with Gasteiger partial charge in [-0.1, -0.05) is 28.1 Å². The summed E-state index contributed by atoms with van der Waals surface area (Å²) in [6, 6.07) is 10.4. The summed E-state index contributed by atoms with van der Waals surface area (Å²) < 4.78 is 1.01. The van der Waals surface area contributed by atoms with Crippen LogP contribution in [0.25, 0.3) is 0 Å². The number of nitrogens with zero attached hydrogens (tertiary/aromatic N) is 1. The van der Waals surface area contributed by atoms with Gasteiger partial charge in [0.05, 0.1) is 6.54 Å². The fourth-order valence-electron chi connectivity index (χ4n) is 2.19. The summed E-state index contributed by atoms with van der Waals surface area (Å²) in [5.74, 6) is 0. The van der Waals surface area contributed by atoms with Crippen molar-refractivity contribution < 1.29 is 4.79 Å². The molecule has 3 rings (SSSR count). The van der Waals surface area contributed by atoms with Gasteiger partial charge in [-0.2, -0.15) is 0 Å². The van der Waals surface area contributed by atoms with Crippen LogP contribution in [0.3, 0.4) is 0 Å². The fraction of sp³-hybridized carbons (Fsp3) is 0.312. The molecule has 3 nitrogen and oxygen atoms in total. The van der Waals surface area contributed by atoms with Gasteiger partial charge in [-0.15, -0.1) is 11.3 Å². The van der Waals surface area contributed by atoms with Crippen molar-refractivity contribution >= 4 is 39.0 Å². The summed E-state index contributed by atoms with van der Waals surface area (Å²) in [5.41, 5.74) is 1.99. The van der Waals surface area contributed by atoms with Crippen LogP contribution < -0.4 is 5.32 Å². The van der Waals surface area contributed by atoms with Gasteiger partial charge in [0, 0.05) is 21.1 Å². The van der Waals surface area contributed by atoms with Gasteiger partial charge in [0.2, 0.25) is 0 Å². The minimum Gasteiger partial charge on any atom is -0.316 e. The first-order chi connectivity index (χ1) is 10.1. The third-order valence-electron chi connectivity index (χ3n) is 3.58. The van der Waals surface area contributed by atoms with Crippen LogP contribution in [0.2, 0.25) is 0 Å². The maximum atomic E-state index is 12.5. The van der Waals surface area contributed by atoms with Gasteiger partial charge in [0.25, 0.3) is 0 Å². The number of carbonyl (C=O) groups excluding carboxylic acids is 1. The van der Waals surface area contributed by atoms with Crippen LogP contribution in [0.4, 0.5) is 10.5 Å². The Kier molecular flexibility index (Phi) is 4.31. The molecule has 1 aliphatic carbocycles. The molecule has 5 heteroatoms. The molecular formula is C16H17BrN2OS. The van der Waals surface area contributed by atoms with Crippen molar-refractivity contribution in [2.24, 2.45) is 0 Å². The number of rotatable bonds is 4. The van der Waals surface area contributed by atoms with Crippen LogP contribution in [-0.4, -0.2) is 17.0 Å². The lowest BCUT2D eigenvalue weighted by Gasteiger charge is -2.22. The maximum Gasteiger partial charge on any atom is 0.322 e. The predicted octanol–water partition coefficient (Wildman–Crippen LogP) is 5.02. The number of halogens is 1. The first-order valence-electron chi connectivity index (χ1n) is 6.99. The fourth-order valence-corrected chi connectivity index (χ4v) is 3.27. The molecule has 0 atom stereocenters. The standard InChI is InChI=1S/C16H17BrN2OS/c1-11-4-5-12(9-15(11)17)18-16(20)19(13-6-7-13)10-14-3-2-8-21-14/h2-5,8-9,13H,6-7,10H2,1H3,(H,18,20). The van der Waals surface area contributed by atoms with E-state index in [4.69, 9.17) is 0 Å². The van der Waals surface area contributed by atoms with Crippen LogP contribution in [0, 0.1) is 6.92 Å². The number of aryl methyl sites for hydroxylation is 1. The third kappa shape index (κ3) is 3.66. The van der Waals surface area contributed by atoms with Crippen LogP contribution >= 0.6 is 27.3 Å². The van der Waals surface area contributed by atoms with E-state index in [1.807, 2.05) is 36.1 Å². The quantitative estimate of drug-likeness (QED) is 0.811. The maximum absolute atomic E-state index is 12.5. The van der Waals surface area contributed by atoms with E-state index in [1.54, 1.807) is 11.3 Å². The Morgan fingerprint density at radius 1 is 1.43 bits per heavy atom. The Morgan fingerprint density at radius 3 is 2.86 bits per heavy atom. The van der Waals surface area contributed by atoms with Crippen molar-refractivity contribution in [2.45, 2.75) is 32.4 Å². The molecule has 0 radical (unpaired) electrons. The van der Waals surface area contributed by atoms with Crippen LogP contribution in [-0.2, 0) is 6.54 Å². The van der Waals surface area contributed by atoms with E-state index < -0.39 is 0 Å². The van der Waals surface area contributed by atoms with Crippen LogP contribution in [0.15, 0.2) is 40.2 Å². The highest BCUT2D eigenvalue weighted by Gasteiger charge is 2.32. The van der Waals surface area contributed by atoms with Gasteiger partial charge >= 0.3 is 6.03 Å². The molecule has 2 aromatic rings. The van der Waals surface area contributed by atoms with Crippen LogP contribution in [0.1, 0.15) is 23.3 Å². The second-order valence-electron chi connectivity index (χ2n) is 5.33. The van der Waals surface area contributed by atoms with E-state index in [0.717, 1.165) is 28.6 Å². The van der Waals surface area contributed by atoms with E-state index in [0.29, 0.717) is 12.6 Å². The second kappa shape index (κ2) is 6.20. The van der Waals surface area contributed by atoms with Crippen molar-refractivity contribution in [3.05, 3.63) is 50.6 Å². The van der Waals surface area contributed by atoms with Crippen molar-refractivity contribution in [3.8, 4) is 0 Å². The molecule has 0 spiro atoms. The zero-order valence-electron chi connectivity index (χ0n) is 11.8. The van der Waals surface area contributed by atoms with Gasteiger partial charge in [0.15, 0.2) is 0 Å². The molecule has 1 saturated carbocycles. The van der Waals surface area contributed by atoms with Gasteiger partial charge in [0.1, 0.15) is 0 Å². The smallest absolute Gasteiger partial charge is 0.316 e. The van der Waals surface area contributed by atoms with Gasteiger partial charge in [-0.3, -0.25) is 0 Å². The van der Waals surface area contributed by atoms with E-state index >= 15 is 0 Å². The highest BCUT2D eigenvalue weighted by atomic mass is 79.9. The average molecular weight is 365 g/mol. The number of hydrogen-bond acceptors (Lipinski definition) is 2. The zero-order chi connectivity index (χ0) is 14.8. The molecule has 1 aliphatic rings. The summed E-state index contributed by atoms with van der Waals surface area (Å²) in [6.45, 7) is 2.73. The third-order valence-corrected chi connectivity index (χ3v) is 5.29. The molecule has 1 aromatic carbocycles.